The number of imidazole rings is 1. The van der Waals surface area contributed by atoms with Crippen molar-refractivity contribution in [1.82, 2.24) is 14.9 Å². The molecule has 0 aliphatic carbocycles. The van der Waals surface area contributed by atoms with Crippen molar-refractivity contribution in [3.8, 4) is 0 Å². The number of hydrogen-bond acceptors (Lipinski definition) is 5. The van der Waals surface area contributed by atoms with Crippen molar-refractivity contribution in [2.45, 2.75) is 12.6 Å². The maximum Gasteiger partial charge on any atom is 0.204 e. The third kappa shape index (κ3) is 3.69. The largest absolute Gasteiger partial charge is 0.395 e. The van der Waals surface area contributed by atoms with E-state index in [4.69, 9.17) is 9.84 Å². The van der Waals surface area contributed by atoms with E-state index in [0.29, 0.717) is 13.2 Å². The molecular formula is C11H22N4O2. The number of ether oxygens (including phenoxy) is 1. The van der Waals surface area contributed by atoms with Crippen LogP contribution in [0.3, 0.4) is 0 Å². The molecule has 1 unspecified atom stereocenters. The number of methoxy groups -OCH3 is 1. The van der Waals surface area contributed by atoms with Crippen molar-refractivity contribution < 1.29 is 9.84 Å². The van der Waals surface area contributed by atoms with E-state index in [0.717, 1.165) is 11.6 Å². The highest BCUT2D eigenvalue weighted by Gasteiger charge is 2.10. The van der Waals surface area contributed by atoms with Gasteiger partial charge in [0.1, 0.15) is 0 Å². The van der Waals surface area contributed by atoms with Gasteiger partial charge < -0.3 is 24.6 Å². The molecule has 0 radical (unpaired) electrons. The van der Waals surface area contributed by atoms with Gasteiger partial charge in [0.15, 0.2) is 0 Å². The average Bonchev–Trinajstić information content (AvgIpc) is 2.66. The second-order valence-electron chi connectivity index (χ2n) is 4.22. The van der Waals surface area contributed by atoms with Crippen LogP contribution in [-0.2, 0) is 18.3 Å². The van der Waals surface area contributed by atoms with Crippen molar-refractivity contribution >= 4 is 5.95 Å². The van der Waals surface area contributed by atoms with Crippen molar-refractivity contribution in [2.75, 3.05) is 39.3 Å². The maximum absolute atomic E-state index is 9.12. The highest BCUT2D eigenvalue weighted by molar-refractivity contribution is 5.30. The van der Waals surface area contributed by atoms with Crippen LogP contribution in [0.1, 0.15) is 5.69 Å². The van der Waals surface area contributed by atoms with Gasteiger partial charge in [0.25, 0.3) is 0 Å². The first-order chi connectivity index (χ1) is 8.10. The summed E-state index contributed by atoms with van der Waals surface area (Å²) in [7, 11) is 7.52. The van der Waals surface area contributed by atoms with Gasteiger partial charge in [-0.2, -0.15) is 0 Å². The Bertz CT molecular complexity index is 338. The fourth-order valence-electron chi connectivity index (χ4n) is 1.64. The van der Waals surface area contributed by atoms with Crippen LogP contribution >= 0.6 is 0 Å². The van der Waals surface area contributed by atoms with Gasteiger partial charge in [0.05, 0.1) is 31.1 Å². The Labute approximate surface area is 102 Å². The molecule has 0 saturated heterocycles. The molecule has 0 aromatic carbocycles. The number of anilines is 1. The van der Waals surface area contributed by atoms with Crippen LogP contribution in [0.5, 0.6) is 0 Å². The van der Waals surface area contributed by atoms with E-state index in [2.05, 4.69) is 10.3 Å². The molecule has 0 saturated carbocycles. The normalized spacial score (nSPS) is 12.8. The minimum atomic E-state index is -0.0438. The van der Waals surface area contributed by atoms with Crippen LogP contribution in [0.4, 0.5) is 5.95 Å². The van der Waals surface area contributed by atoms with Crippen LogP contribution in [0.25, 0.3) is 0 Å². The molecule has 0 amide bonds. The molecule has 0 spiro atoms. The standard InChI is InChI=1S/C11H22N4O2/c1-14(2)11-13-6-10(15(11)3)5-12-9(7-16)8-17-4/h6,9,12,16H,5,7-8H2,1-4H3. The first-order valence-electron chi connectivity index (χ1n) is 5.61. The third-order valence-electron chi connectivity index (χ3n) is 2.62. The van der Waals surface area contributed by atoms with Gasteiger partial charge in [0, 0.05) is 34.8 Å². The molecule has 6 heteroatoms. The number of aromatic nitrogens is 2. The summed E-state index contributed by atoms with van der Waals surface area (Å²) in [5.41, 5.74) is 1.07. The molecule has 1 aromatic rings. The summed E-state index contributed by atoms with van der Waals surface area (Å²) in [6.07, 6.45) is 1.84. The molecule has 6 nitrogen and oxygen atoms in total. The summed E-state index contributed by atoms with van der Waals surface area (Å²) in [6.45, 7) is 1.22. The molecule has 1 rings (SSSR count). The fraction of sp³-hybridized carbons (Fsp3) is 0.727. The Morgan fingerprint density at radius 1 is 1.59 bits per heavy atom. The van der Waals surface area contributed by atoms with Crippen molar-refractivity contribution in [1.29, 1.82) is 0 Å². The topological polar surface area (TPSA) is 62.6 Å². The van der Waals surface area contributed by atoms with Crippen LogP contribution in [-0.4, -0.2) is 55.1 Å². The summed E-state index contributed by atoms with van der Waals surface area (Å²) in [5, 5.41) is 12.4. The Hall–Kier alpha value is -1.11. The third-order valence-corrected chi connectivity index (χ3v) is 2.62. The van der Waals surface area contributed by atoms with Crippen LogP contribution in [0.15, 0.2) is 6.20 Å². The van der Waals surface area contributed by atoms with Gasteiger partial charge in [-0.1, -0.05) is 0 Å². The molecule has 0 aliphatic heterocycles. The molecule has 1 aromatic heterocycles. The average molecular weight is 242 g/mol. The summed E-state index contributed by atoms with van der Waals surface area (Å²) >= 11 is 0. The summed E-state index contributed by atoms with van der Waals surface area (Å²) in [5.74, 6) is 0.911. The van der Waals surface area contributed by atoms with E-state index >= 15 is 0 Å². The number of hydrogen-bond donors (Lipinski definition) is 2. The zero-order chi connectivity index (χ0) is 12.8. The number of nitrogens with one attached hydrogen (secondary N) is 1. The zero-order valence-corrected chi connectivity index (χ0v) is 11.0. The molecule has 1 heterocycles. The Kier molecular flexibility index (Phi) is 5.40. The predicted molar refractivity (Wildman–Crippen MR) is 67.1 cm³/mol. The number of aliphatic hydroxyl groups is 1. The summed E-state index contributed by atoms with van der Waals surface area (Å²) in [6, 6.07) is -0.0438. The second-order valence-corrected chi connectivity index (χ2v) is 4.22. The van der Waals surface area contributed by atoms with Gasteiger partial charge in [0.2, 0.25) is 5.95 Å². The molecule has 1 atom stereocenters. The lowest BCUT2D eigenvalue weighted by Gasteiger charge is -2.16. The van der Waals surface area contributed by atoms with Gasteiger partial charge in [-0.25, -0.2) is 4.98 Å². The highest BCUT2D eigenvalue weighted by Crippen LogP contribution is 2.10. The SMILES string of the molecule is COCC(CO)NCc1cnc(N(C)C)n1C. The Balaban J connectivity index is 2.57. The van der Waals surface area contributed by atoms with Crippen LogP contribution in [0, 0.1) is 0 Å². The lowest BCUT2D eigenvalue weighted by atomic mass is 10.3. The molecule has 98 valence electrons. The van der Waals surface area contributed by atoms with E-state index in [9.17, 15) is 0 Å². The van der Waals surface area contributed by atoms with Crippen molar-refractivity contribution in [2.24, 2.45) is 7.05 Å². The van der Waals surface area contributed by atoms with Crippen molar-refractivity contribution in [3.05, 3.63) is 11.9 Å². The quantitative estimate of drug-likeness (QED) is 0.680. The zero-order valence-electron chi connectivity index (χ0n) is 11.0. The van der Waals surface area contributed by atoms with Crippen LogP contribution < -0.4 is 10.2 Å². The van der Waals surface area contributed by atoms with Crippen molar-refractivity contribution in [3.63, 3.8) is 0 Å². The van der Waals surface area contributed by atoms with E-state index in [-0.39, 0.29) is 12.6 Å². The van der Waals surface area contributed by atoms with E-state index in [1.807, 2.05) is 36.8 Å². The highest BCUT2D eigenvalue weighted by atomic mass is 16.5. The van der Waals surface area contributed by atoms with Gasteiger partial charge in [-0.3, -0.25) is 0 Å². The second kappa shape index (κ2) is 6.58. The van der Waals surface area contributed by atoms with Gasteiger partial charge in [-0.15, -0.1) is 0 Å². The minimum Gasteiger partial charge on any atom is -0.395 e. The minimum absolute atomic E-state index is 0.0438. The Morgan fingerprint density at radius 3 is 2.76 bits per heavy atom. The molecule has 2 N–H and O–H groups in total. The van der Waals surface area contributed by atoms with Crippen LogP contribution in [0.2, 0.25) is 0 Å². The monoisotopic (exact) mass is 242 g/mol. The molecule has 17 heavy (non-hydrogen) atoms. The first-order valence-corrected chi connectivity index (χ1v) is 5.61. The number of aliphatic hydroxyl groups excluding tert-OH is 1. The number of rotatable bonds is 7. The van der Waals surface area contributed by atoms with Gasteiger partial charge >= 0.3 is 0 Å². The molecule has 0 aliphatic rings. The van der Waals surface area contributed by atoms with E-state index < -0.39 is 0 Å². The van der Waals surface area contributed by atoms with E-state index in [1.165, 1.54) is 0 Å². The lowest BCUT2D eigenvalue weighted by molar-refractivity contribution is 0.127. The predicted octanol–water partition coefficient (Wildman–Crippen LogP) is -0.417. The maximum atomic E-state index is 9.12. The first kappa shape index (κ1) is 14.0. The molecule has 0 bridgehead atoms. The smallest absolute Gasteiger partial charge is 0.204 e. The summed E-state index contributed by atoms with van der Waals surface area (Å²) in [4.78, 5) is 6.28. The van der Waals surface area contributed by atoms with E-state index in [1.54, 1.807) is 7.11 Å². The molecule has 0 fully saturated rings. The summed E-state index contributed by atoms with van der Waals surface area (Å²) < 4.78 is 7.03. The van der Waals surface area contributed by atoms with Gasteiger partial charge in [-0.05, 0) is 0 Å². The molecular weight excluding hydrogens is 220 g/mol. The Morgan fingerprint density at radius 2 is 2.29 bits per heavy atom. The number of nitrogens with zero attached hydrogens (tertiary/aromatic N) is 3. The lowest BCUT2D eigenvalue weighted by Crippen LogP contribution is -2.36. The fourth-order valence-corrected chi connectivity index (χ4v) is 1.64.